The van der Waals surface area contributed by atoms with Gasteiger partial charge in [0, 0.05) is 23.4 Å². The quantitative estimate of drug-likeness (QED) is 0.104. The van der Waals surface area contributed by atoms with E-state index in [4.69, 9.17) is 9.15 Å². The minimum Gasteiger partial charge on any atom is -0.426 e. The third kappa shape index (κ3) is 9.73. The Bertz CT molecular complexity index is 896. The lowest BCUT2D eigenvalue weighted by molar-refractivity contribution is -0.134. The Morgan fingerprint density at radius 2 is 1.39 bits per heavy atom. The molecule has 4 nitrogen and oxygen atoms in total. The molecule has 1 heterocycles. The van der Waals surface area contributed by atoms with Gasteiger partial charge in [-0.25, -0.2) is 4.79 Å². The van der Waals surface area contributed by atoms with E-state index in [1.54, 1.807) is 6.07 Å². The van der Waals surface area contributed by atoms with Crippen molar-refractivity contribution in [2.75, 3.05) is 0 Å². The van der Waals surface area contributed by atoms with Crippen LogP contribution in [0.1, 0.15) is 121 Å². The minimum atomic E-state index is -0.357. The number of ether oxygens (including phenoxy) is 1. The zero-order valence-electron chi connectivity index (χ0n) is 21.2. The van der Waals surface area contributed by atoms with Gasteiger partial charge in [-0.05, 0) is 37.5 Å². The molecule has 0 fully saturated rings. The van der Waals surface area contributed by atoms with Crippen molar-refractivity contribution in [1.82, 2.24) is 0 Å². The van der Waals surface area contributed by atoms with Crippen LogP contribution in [0.4, 0.5) is 0 Å². The van der Waals surface area contributed by atoms with Crippen LogP contribution in [0, 0.1) is 6.92 Å². The van der Waals surface area contributed by atoms with Crippen LogP contribution < -0.4 is 10.4 Å². The van der Waals surface area contributed by atoms with E-state index in [1.165, 1.54) is 70.6 Å². The number of unbranched alkanes of at least 4 members (excludes halogenated alkanes) is 12. The van der Waals surface area contributed by atoms with Crippen molar-refractivity contribution in [2.45, 2.75) is 124 Å². The molecule has 0 atom stereocenters. The maximum Gasteiger partial charge on any atom is 0.336 e. The zero-order chi connectivity index (χ0) is 23.9. The lowest BCUT2D eigenvalue weighted by atomic mass is 10.0. The Kier molecular flexibility index (Phi) is 12.9. The number of hydrogen-bond acceptors (Lipinski definition) is 4. The SMILES string of the molecule is CCCCCCCCCCCCCCCC(=O)Oc1ccc2c(CCC)cc(=O)oc2c1C. The fourth-order valence-electron chi connectivity index (χ4n) is 4.46. The summed E-state index contributed by atoms with van der Waals surface area (Å²) in [5.74, 6) is 0.270. The van der Waals surface area contributed by atoms with Gasteiger partial charge in [0.15, 0.2) is 0 Å². The Morgan fingerprint density at radius 1 is 0.818 bits per heavy atom. The van der Waals surface area contributed by atoms with E-state index in [9.17, 15) is 9.59 Å². The molecule has 0 saturated carbocycles. The van der Waals surface area contributed by atoms with E-state index in [0.717, 1.165) is 36.6 Å². The Hall–Kier alpha value is -2.10. The van der Waals surface area contributed by atoms with Crippen LogP contribution in [0.3, 0.4) is 0 Å². The number of hydrogen-bond donors (Lipinski definition) is 0. The fraction of sp³-hybridized carbons (Fsp3) is 0.655. The second-order valence-corrected chi connectivity index (χ2v) is 9.37. The molecule has 0 unspecified atom stereocenters. The number of fused-ring (bicyclic) bond motifs is 1. The van der Waals surface area contributed by atoms with E-state index >= 15 is 0 Å². The summed E-state index contributed by atoms with van der Waals surface area (Å²) in [4.78, 5) is 24.3. The fourth-order valence-corrected chi connectivity index (χ4v) is 4.46. The molecule has 0 amide bonds. The molecule has 0 aliphatic rings. The predicted molar refractivity (Wildman–Crippen MR) is 137 cm³/mol. The van der Waals surface area contributed by atoms with E-state index < -0.39 is 0 Å². The van der Waals surface area contributed by atoms with Crippen molar-refractivity contribution >= 4 is 16.9 Å². The smallest absolute Gasteiger partial charge is 0.336 e. The molecule has 0 aliphatic heterocycles. The molecule has 0 spiro atoms. The molecule has 0 saturated heterocycles. The molecule has 33 heavy (non-hydrogen) atoms. The third-order valence-corrected chi connectivity index (χ3v) is 6.42. The minimum absolute atomic E-state index is 0.215. The summed E-state index contributed by atoms with van der Waals surface area (Å²) >= 11 is 0. The van der Waals surface area contributed by atoms with Crippen LogP contribution in [0.5, 0.6) is 5.75 Å². The first-order valence-electron chi connectivity index (χ1n) is 13.3. The molecule has 1 aromatic carbocycles. The van der Waals surface area contributed by atoms with Crippen molar-refractivity contribution in [3.8, 4) is 5.75 Å². The highest BCUT2D eigenvalue weighted by molar-refractivity contribution is 5.86. The van der Waals surface area contributed by atoms with Crippen LogP contribution in [0.15, 0.2) is 27.4 Å². The second-order valence-electron chi connectivity index (χ2n) is 9.37. The highest BCUT2D eigenvalue weighted by Crippen LogP contribution is 2.29. The van der Waals surface area contributed by atoms with Crippen LogP contribution in [-0.2, 0) is 11.2 Å². The zero-order valence-corrected chi connectivity index (χ0v) is 21.2. The van der Waals surface area contributed by atoms with Crippen LogP contribution >= 0.6 is 0 Å². The van der Waals surface area contributed by atoms with Gasteiger partial charge in [0.25, 0.3) is 0 Å². The predicted octanol–water partition coefficient (Wildman–Crippen LogP) is 8.44. The Labute approximate surface area is 200 Å². The number of carbonyl (C=O) groups excluding carboxylic acids is 1. The van der Waals surface area contributed by atoms with Crippen LogP contribution in [-0.4, -0.2) is 5.97 Å². The van der Waals surface area contributed by atoms with Gasteiger partial charge in [-0.2, -0.15) is 0 Å². The van der Waals surface area contributed by atoms with Crippen molar-refractivity contribution < 1.29 is 13.9 Å². The van der Waals surface area contributed by atoms with Gasteiger partial charge < -0.3 is 9.15 Å². The summed E-state index contributed by atoms with van der Waals surface area (Å²) < 4.78 is 11.0. The summed E-state index contributed by atoms with van der Waals surface area (Å²) in [7, 11) is 0. The maximum atomic E-state index is 12.3. The van der Waals surface area contributed by atoms with Gasteiger partial charge in [0.05, 0.1) is 0 Å². The summed E-state index contributed by atoms with van der Waals surface area (Å²) in [5, 5.41) is 0.922. The van der Waals surface area contributed by atoms with Crippen molar-refractivity contribution in [3.05, 3.63) is 39.7 Å². The van der Waals surface area contributed by atoms with Gasteiger partial charge in [0.2, 0.25) is 0 Å². The lowest BCUT2D eigenvalue weighted by Crippen LogP contribution is -2.09. The van der Waals surface area contributed by atoms with E-state index in [2.05, 4.69) is 13.8 Å². The molecule has 4 heteroatoms. The normalized spacial score (nSPS) is 11.2. The molecule has 0 bridgehead atoms. The van der Waals surface area contributed by atoms with Crippen molar-refractivity contribution in [1.29, 1.82) is 0 Å². The van der Waals surface area contributed by atoms with E-state index in [1.807, 2.05) is 19.1 Å². The van der Waals surface area contributed by atoms with E-state index in [0.29, 0.717) is 23.3 Å². The van der Waals surface area contributed by atoms with Gasteiger partial charge in [-0.15, -0.1) is 0 Å². The second kappa shape index (κ2) is 15.7. The summed E-state index contributed by atoms with van der Waals surface area (Å²) in [6, 6.07) is 5.27. The largest absolute Gasteiger partial charge is 0.426 e. The molecule has 1 aromatic heterocycles. The standard InChI is InChI=1S/C29H44O4/c1-4-6-7-8-9-10-11-12-13-14-15-16-17-19-27(30)32-26-21-20-25-24(18-5-2)22-28(31)33-29(25)23(26)3/h20-22H,4-19H2,1-3H3. The summed E-state index contributed by atoms with van der Waals surface area (Å²) in [6.07, 6.45) is 18.9. The number of rotatable bonds is 17. The first-order chi connectivity index (χ1) is 16.1. The highest BCUT2D eigenvalue weighted by atomic mass is 16.5. The lowest BCUT2D eigenvalue weighted by Gasteiger charge is -2.11. The van der Waals surface area contributed by atoms with Gasteiger partial charge in [-0.1, -0.05) is 97.3 Å². The highest BCUT2D eigenvalue weighted by Gasteiger charge is 2.14. The van der Waals surface area contributed by atoms with Crippen molar-refractivity contribution in [3.63, 3.8) is 0 Å². The van der Waals surface area contributed by atoms with Crippen molar-refractivity contribution in [2.24, 2.45) is 0 Å². The molecular formula is C29H44O4. The number of benzene rings is 1. The molecule has 0 N–H and O–H groups in total. The molecule has 2 rings (SSSR count). The third-order valence-electron chi connectivity index (χ3n) is 6.42. The first kappa shape index (κ1) is 27.1. The Morgan fingerprint density at radius 3 is 1.97 bits per heavy atom. The Balaban J connectivity index is 1.65. The maximum absolute atomic E-state index is 12.3. The van der Waals surface area contributed by atoms with Crippen LogP contribution in [0.2, 0.25) is 0 Å². The summed E-state index contributed by atoms with van der Waals surface area (Å²) in [5.41, 5.74) is 1.86. The van der Waals surface area contributed by atoms with Gasteiger partial charge in [-0.3, -0.25) is 4.79 Å². The number of aryl methyl sites for hydroxylation is 2. The first-order valence-corrected chi connectivity index (χ1v) is 13.3. The molecule has 0 aliphatic carbocycles. The van der Waals surface area contributed by atoms with Gasteiger partial charge >= 0.3 is 11.6 Å². The monoisotopic (exact) mass is 456 g/mol. The molecule has 2 aromatic rings. The molecule has 184 valence electrons. The molecular weight excluding hydrogens is 412 g/mol. The number of esters is 1. The van der Waals surface area contributed by atoms with Gasteiger partial charge in [0.1, 0.15) is 11.3 Å². The molecule has 0 radical (unpaired) electrons. The summed E-state index contributed by atoms with van der Waals surface area (Å²) in [6.45, 7) is 6.19. The van der Waals surface area contributed by atoms with E-state index in [-0.39, 0.29) is 11.6 Å². The average Bonchev–Trinajstić information content (AvgIpc) is 2.79. The topological polar surface area (TPSA) is 56.5 Å². The average molecular weight is 457 g/mol. The van der Waals surface area contributed by atoms with Crippen LogP contribution in [0.25, 0.3) is 11.0 Å². The number of carbonyl (C=O) groups is 1.